The molecule has 2 aromatic rings. The molecule has 14 nitrogen and oxygen atoms in total. The van der Waals surface area contributed by atoms with Crippen LogP contribution in [-0.2, 0) is 19.1 Å². The second kappa shape index (κ2) is 19.8. The van der Waals surface area contributed by atoms with E-state index in [0.717, 1.165) is 42.5 Å². The fourth-order valence-corrected chi connectivity index (χ4v) is 5.62. The number of rotatable bonds is 14. The molecule has 0 saturated carbocycles. The molecular weight excluding hydrogens is 652 g/mol. The van der Waals surface area contributed by atoms with E-state index in [1.807, 2.05) is 58.9 Å². The van der Waals surface area contributed by atoms with Crippen molar-refractivity contribution in [2.75, 3.05) is 33.9 Å². The van der Waals surface area contributed by atoms with Gasteiger partial charge in [-0.3, -0.25) is 9.59 Å². The summed E-state index contributed by atoms with van der Waals surface area (Å²) in [6, 6.07) is 6.01. The highest BCUT2D eigenvalue weighted by Gasteiger charge is 2.37. The summed E-state index contributed by atoms with van der Waals surface area (Å²) in [7, 11) is 2.53. The number of carbonyl (C=O) groups excluding carboxylic acids is 4. The Morgan fingerprint density at radius 1 is 1.08 bits per heavy atom. The molecule has 1 saturated heterocycles. The first kappa shape index (κ1) is 40.1. The van der Waals surface area contributed by atoms with Gasteiger partial charge in [0.2, 0.25) is 11.8 Å². The molecule has 1 aliphatic rings. The summed E-state index contributed by atoms with van der Waals surface area (Å²) >= 11 is 0. The third kappa shape index (κ3) is 11.6. The van der Waals surface area contributed by atoms with E-state index >= 15 is 0 Å². The molecule has 51 heavy (non-hydrogen) atoms. The summed E-state index contributed by atoms with van der Waals surface area (Å²) in [6.45, 7) is 10.7. The first-order chi connectivity index (χ1) is 24.4. The number of ether oxygens (including phenoxy) is 2. The summed E-state index contributed by atoms with van der Waals surface area (Å²) in [5, 5.41) is 5.29. The van der Waals surface area contributed by atoms with Gasteiger partial charge in [0.05, 0.1) is 38.7 Å². The van der Waals surface area contributed by atoms with Crippen molar-refractivity contribution in [1.29, 1.82) is 0 Å². The smallest absolute Gasteiger partial charge is 0.407 e. The van der Waals surface area contributed by atoms with Gasteiger partial charge in [-0.25, -0.2) is 19.6 Å². The summed E-state index contributed by atoms with van der Waals surface area (Å²) < 4.78 is 9.41. The summed E-state index contributed by atoms with van der Waals surface area (Å²) in [4.78, 5) is 66.0. The van der Waals surface area contributed by atoms with E-state index in [-0.39, 0.29) is 42.1 Å². The second-order valence-corrected chi connectivity index (χ2v) is 13.0. The lowest BCUT2D eigenvalue weighted by molar-refractivity contribution is -0.135. The van der Waals surface area contributed by atoms with E-state index in [9.17, 15) is 19.2 Å². The zero-order chi connectivity index (χ0) is 37.5. The van der Waals surface area contributed by atoms with E-state index in [4.69, 9.17) is 10.5 Å². The first-order valence-electron chi connectivity index (χ1n) is 17.3. The molecule has 0 bridgehead atoms. The van der Waals surface area contributed by atoms with E-state index in [2.05, 4.69) is 42.2 Å². The van der Waals surface area contributed by atoms with E-state index in [0.29, 0.717) is 18.9 Å². The van der Waals surface area contributed by atoms with Gasteiger partial charge in [0.15, 0.2) is 0 Å². The van der Waals surface area contributed by atoms with Gasteiger partial charge < -0.3 is 40.6 Å². The Morgan fingerprint density at radius 3 is 2.33 bits per heavy atom. The predicted octanol–water partition coefficient (Wildman–Crippen LogP) is 4.35. The number of amides is 4. The Hall–Kier alpha value is -5.32. The van der Waals surface area contributed by atoms with Gasteiger partial charge >= 0.3 is 12.2 Å². The highest BCUT2D eigenvalue weighted by atomic mass is 16.5. The number of nitrogens with two attached hydrogens (primary N) is 1. The van der Waals surface area contributed by atoms with Crippen molar-refractivity contribution in [2.24, 2.45) is 22.6 Å². The van der Waals surface area contributed by atoms with Crippen molar-refractivity contribution in [1.82, 2.24) is 30.4 Å². The Morgan fingerprint density at radius 2 is 1.73 bits per heavy atom. The van der Waals surface area contributed by atoms with Crippen molar-refractivity contribution < 1.29 is 28.7 Å². The minimum Gasteiger partial charge on any atom is -0.453 e. The van der Waals surface area contributed by atoms with Crippen LogP contribution in [0.1, 0.15) is 77.7 Å². The number of alkyl carbamates (subject to hydrolysis) is 2. The number of imidazole rings is 1. The molecule has 1 unspecified atom stereocenters. The quantitative estimate of drug-likeness (QED) is 0.127. The van der Waals surface area contributed by atoms with Gasteiger partial charge in [-0.05, 0) is 48.8 Å². The topological polar surface area (TPSA) is 184 Å². The molecule has 0 spiro atoms. The molecule has 1 fully saturated rings. The number of hydrogen-bond donors (Lipinski definition) is 4. The molecule has 4 amide bonds. The molecule has 276 valence electrons. The number of amidine groups is 1. The van der Waals surface area contributed by atoms with Crippen LogP contribution in [0.15, 0.2) is 47.7 Å². The Balaban J connectivity index is 1.63. The van der Waals surface area contributed by atoms with Gasteiger partial charge in [-0.2, -0.15) is 0 Å². The molecule has 5 N–H and O–H groups in total. The van der Waals surface area contributed by atoms with Gasteiger partial charge in [0, 0.05) is 30.9 Å². The van der Waals surface area contributed by atoms with Crippen molar-refractivity contribution in [2.45, 2.75) is 78.4 Å². The number of carbonyl (C=O) groups is 4. The minimum absolute atomic E-state index is 0.111. The van der Waals surface area contributed by atoms with Gasteiger partial charge in [0.25, 0.3) is 0 Å². The van der Waals surface area contributed by atoms with Crippen LogP contribution in [0.4, 0.5) is 9.59 Å². The van der Waals surface area contributed by atoms with Gasteiger partial charge in [-0.1, -0.05) is 65.0 Å². The lowest BCUT2D eigenvalue weighted by Gasteiger charge is -2.30. The Labute approximate surface area is 300 Å². The second-order valence-electron chi connectivity index (χ2n) is 13.0. The molecule has 1 aromatic heterocycles. The number of aromatic nitrogens is 2. The van der Waals surface area contributed by atoms with Crippen molar-refractivity contribution >= 4 is 29.8 Å². The van der Waals surface area contributed by atoms with Crippen LogP contribution in [0.25, 0.3) is 11.3 Å². The van der Waals surface area contributed by atoms with Crippen molar-refractivity contribution in [3.05, 3.63) is 54.1 Å². The summed E-state index contributed by atoms with van der Waals surface area (Å²) in [5.74, 6) is 6.28. The van der Waals surface area contributed by atoms with Crippen LogP contribution < -0.4 is 16.4 Å². The lowest BCUT2D eigenvalue weighted by atomic mass is 10.0. The standard InChI is InChI=1S/C37H52N8O6/c1-8-9-20-44(34(46)31(24(2)3)42-36(48)50-6)23-30(38)39-19-11-10-13-26-15-17-27(18-16-26)28-22-40-33(41-28)29-14-12-21-45(29)35(47)32(25(4)5)43-37(49)51-7/h11,15-19,22,24-25,29,31-32H,8-9,12,14,20-21,23H2,1-7H3,(H2,38,39)(H,40,41)(H,42,48)(H,43,49)/b19-11+/t29-,31?,32-/m1/s1. The fourth-order valence-electron chi connectivity index (χ4n) is 5.62. The van der Waals surface area contributed by atoms with Crippen LogP contribution in [0.5, 0.6) is 0 Å². The number of nitrogens with zero attached hydrogens (tertiary/aromatic N) is 4. The molecule has 14 heteroatoms. The summed E-state index contributed by atoms with van der Waals surface area (Å²) in [5.41, 5.74) is 8.68. The maximum Gasteiger partial charge on any atom is 0.407 e. The number of aromatic amines is 1. The van der Waals surface area contributed by atoms with Crippen molar-refractivity contribution in [3.8, 4) is 23.1 Å². The third-order valence-corrected chi connectivity index (χ3v) is 8.49. The van der Waals surface area contributed by atoms with Crippen LogP contribution >= 0.6 is 0 Å². The third-order valence-electron chi connectivity index (χ3n) is 8.49. The monoisotopic (exact) mass is 704 g/mol. The van der Waals surface area contributed by atoms with Crippen LogP contribution in [0, 0.1) is 23.7 Å². The number of aliphatic imine (C=N–C) groups is 1. The molecular formula is C37H52N8O6. The zero-order valence-electron chi connectivity index (χ0n) is 30.7. The van der Waals surface area contributed by atoms with Crippen LogP contribution in [0.2, 0.25) is 0 Å². The SMILES string of the molecule is CCCCN(CC(N)=N/C=C/C#Cc1ccc(-c2cnc([C@H]3CCCN3C(=O)[C@H](NC(=O)OC)C(C)C)[nH]2)cc1)C(=O)C(NC(=O)OC)C(C)C. The van der Waals surface area contributed by atoms with Gasteiger partial charge in [-0.15, -0.1) is 0 Å². The average Bonchev–Trinajstić information content (AvgIpc) is 3.81. The predicted molar refractivity (Wildman–Crippen MR) is 195 cm³/mol. The number of methoxy groups -OCH3 is 2. The number of allylic oxidation sites excluding steroid dienone is 1. The number of likely N-dealkylation sites (tertiary alicyclic amines) is 1. The highest BCUT2D eigenvalue weighted by Crippen LogP contribution is 2.32. The fraction of sp³-hybridized carbons (Fsp3) is 0.514. The number of H-pyrrole nitrogens is 1. The molecule has 0 radical (unpaired) electrons. The number of hydrogen-bond acceptors (Lipinski definition) is 8. The normalized spacial score (nSPS) is 15.7. The molecule has 1 aliphatic heterocycles. The number of unbranched alkanes of at least 4 members (excludes halogenated alkanes) is 1. The number of benzene rings is 1. The Kier molecular flexibility index (Phi) is 15.5. The molecule has 1 aromatic carbocycles. The van der Waals surface area contributed by atoms with E-state index in [1.165, 1.54) is 20.4 Å². The summed E-state index contributed by atoms with van der Waals surface area (Å²) in [6.07, 6.45) is 6.78. The number of nitrogens with one attached hydrogen (secondary N) is 3. The minimum atomic E-state index is -0.751. The molecule has 3 rings (SSSR count). The molecule has 0 aliphatic carbocycles. The van der Waals surface area contributed by atoms with Crippen molar-refractivity contribution in [3.63, 3.8) is 0 Å². The highest BCUT2D eigenvalue weighted by molar-refractivity contribution is 5.91. The zero-order valence-corrected chi connectivity index (χ0v) is 30.7. The van der Waals surface area contributed by atoms with Gasteiger partial charge in [0.1, 0.15) is 23.7 Å². The lowest BCUT2D eigenvalue weighted by Crippen LogP contribution is -2.53. The maximum atomic E-state index is 13.4. The first-order valence-corrected chi connectivity index (χ1v) is 17.3. The molecule has 2 heterocycles. The largest absolute Gasteiger partial charge is 0.453 e. The maximum absolute atomic E-state index is 13.4. The van der Waals surface area contributed by atoms with Crippen LogP contribution in [-0.4, -0.2) is 95.5 Å². The van der Waals surface area contributed by atoms with Crippen LogP contribution in [0.3, 0.4) is 0 Å². The molecule has 3 atom stereocenters. The average molecular weight is 705 g/mol. The Bertz CT molecular complexity index is 1600. The van der Waals surface area contributed by atoms with E-state index in [1.54, 1.807) is 22.1 Å². The van der Waals surface area contributed by atoms with E-state index < -0.39 is 24.3 Å².